The van der Waals surface area contributed by atoms with Gasteiger partial charge < -0.3 is 19.5 Å². The molecule has 1 heterocycles. The lowest BCUT2D eigenvalue weighted by atomic mass is 9.98. The maximum Gasteiger partial charge on any atom is 0.221 e. The number of amides is 1. The molecular formula is C25H26N4O5. The molecule has 0 aromatic heterocycles. The Kier molecular flexibility index (Phi) is 6.65. The summed E-state index contributed by atoms with van der Waals surface area (Å²) in [6.07, 6.45) is 1.70. The van der Waals surface area contributed by atoms with Crippen LogP contribution in [0.25, 0.3) is 10.8 Å². The first kappa shape index (κ1) is 23.1. The molecule has 0 fully saturated rings. The van der Waals surface area contributed by atoms with Crippen molar-refractivity contribution >= 4 is 40.1 Å². The lowest BCUT2D eigenvalue weighted by molar-refractivity contribution is -0.114. The standard InChI is InChI=1S/C25H26N4O5/c1-15(30)27-17-8-9-19-16(10-17)6-5-7-20(19)21-13-26-14-24(29(21)31)28-18-11-22(32-2)25(34-4)23(12-18)33-3/h5-13,21,31H,14H2,1-4H3,(H,27,30). The van der Waals surface area contributed by atoms with Crippen molar-refractivity contribution in [2.75, 3.05) is 33.2 Å². The number of nitrogens with one attached hydrogen (secondary N) is 1. The lowest BCUT2D eigenvalue weighted by Gasteiger charge is -2.29. The zero-order valence-corrected chi connectivity index (χ0v) is 19.4. The Bertz CT molecular complexity index is 1260. The number of benzene rings is 3. The third kappa shape index (κ3) is 4.51. The lowest BCUT2D eigenvalue weighted by Crippen LogP contribution is -2.37. The number of ether oxygens (including phenoxy) is 3. The maximum atomic E-state index is 11.4. The molecule has 0 radical (unpaired) electrons. The van der Waals surface area contributed by atoms with Gasteiger partial charge in [-0.15, -0.1) is 0 Å². The number of anilines is 1. The van der Waals surface area contributed by atoms with Crippen molar-refractivity contribution in [3.63, 3.8) is 0 Å². The number of amidine groups is 1. The van der Waals surface area contributed by atoms with Crippen LogP contribution < -0.4 is 19.5 Å². The van der Waals surface area contributed by atoms with Gasteiger partial charge in [-0.05, 0) is 28.5 Å². The highest BCUT2D eigenvalue weighted by molar-refractivity contribution is 5.98. The highest BCUT2D eigenvalue weighted by Crippen LogP contribution is 2.41. The van der Waals surface area contributed by atoms with E-state index in [9.17, 15) is 10.0 Å². The Morgan fingerprint density at radius 1 is 1.09 bits per heavy atom. The van der Waals surface area contributed by atoms with E-state index >= 15 is 0 Å². The smallest absolute Gasteiger partial charge is 0.221 e. The zero-order valence-electron chi connectivity index (χ0n) is 19.4. The molecule has 0 saturated heterocycles. The van der Waals surface area contributed by atoms with Gasteiger partial charge in [-0.3, -0.25) is 15.0 Å². The minimum absolute atomic E-state index is 0.135. The van der Waals surface area contributed by atoms with Crippen LogP contribution in [-0.2, 0) is 4.79 Å². The minimum Gasteiger partial charge on any atom is -0.493 e. The van der Waals surface area contributed by atoms with Gasteiger partial charge >= 0.3 is 0 Å². The van der Waals surface area contributed by atoms with Crippen LogP contribution in [0.4, 0.5) is 11.4 Å². The van der Waals surface area contributed by atoms with Crippen LogP contribution in [0.15, 0.2) is 58.5 Å². The van der Waals surface area contributed by atoms with Crippen molar-refractivity contribution in [3.8, 4) is 17.2 Å². The summed E-state index contributed by atoms with van der Waals surface area (Å²) in [6.45, 7) is 1.68. The Balaban J connectivity index is 1.70. The quantitative estimate of drug-likeness (QED) is 0.564. The van der Waals surface area contributed by atoms with E-state index in [1.165, 1.54) is 28.3 Å². The van der Waals surface area contributed by atoms with E-state index in [-0.39, 0.29) is 12.5 Å². The monoisotopic (exact) mass is 462 g/mol. The highest BCUT2D eigenvalue weighted by atomic mass is 16.5. The molecule has 3 aromatic rings. The number of fused-ring (bicyclic) bond motifs is 1. The minimum atomic E-state index is -0.537. The molecule has 0 spiro atoms. The Morgan fingerprint density at radius 3 is 2.47 bits per heavy atom. The second-order valence-corrected chi connectivity index (χ2v) is 7.66. The summed E-state index contributed by atoms with van der Waals surface area (Å²) < 4.78 is 16.2. The summed E-state index contributed by atoms with van der Waals surface area (Å²) >= 11 is 0. The first-order chi connectivity index (χ1) is 16.4. The van der Waals surface area contributed by atoms with Crippen LogP contribution in [0.1, 0.15) is 18.5 Å². The van der Waals surface area contributed by atoms with E-state index in [2.05, 4.69) is 15.3 Å². The van der Waals surface area contributed by atoms with Gasteiger partial charge in [0.25, 0.3) is 0 Å². The number of hydrogen-bond acceptors (Lipinski definition) is 7. The molecule has 1 aliphatic rings. The second-order valence-electron chi connectivity index (χ2n) is 7.66. The van der Waals surface area contributed by atoms with Crippen molar-refractivity contribution in [3.05, 3.63) is 54.1 Å². The van der Waals surface area contributed by atoms with Crippen molar-refractivity contribution in [2.45, 2.75) is 13.0 Å². The first-order valence-corrected chi connectivity index (χ1v) is 10.6. The molecule has 2 N–H and O–H groups in total. The molecule has 0 bridgehead atoms. The molecule has 0 aliphatic carbocycles. The fourth-order valence-corrected chi connectivity index (χ4v) is 3.96. The fourth-order valence-electron chi connectivity index (χ4n) is 3.96. The van der Waals surface area contributed by atoms with Crippen LogP contribution in [-0.4, -0.2) is 56.1 Å². The molecule has 1 unspecified atom stereocenters. The van der Waals surface area contributed by atoms with Gasteiger partial charge in [0, 0.05) is 31.0 Å². The molecule has 9 nitrogen and oxygen atoms in total. The van der Waals surface area contributed by atoms with E-state index in [4.69, 9.17) is 14.2 Å². The van der Waals surface area contributed by atoms with Gasteiger partial charge in [0.1, 0.15) is 6.04 Å². The number of carbonyl (C=O) groups is 1. The topological polar surface area (TPSA) is 105 Å². The molecule has 1 amide bonds. The molecule has 1 aliphatic heterocycles. The van der Waals surface area contributed by atoms with Gasteiger partial charge in [-0.25, -0.2) is 10.1 Å². The average molecular weight is 463 g/mol. The van der Waals surface area contributed by atoms with Gasteiger partial charge in [0.15, 0.2) is 17.3 Å². The Labute approximate surface area is 197 Å². The molecule has 1 atom stereocenters. The molecule has 9 heteroatoms. The average Bonchev–Trinajstić information content (AvgIpc) is 2.83. The predicted molar refractivity (Wildman–Crippen MR) is 131 cm³/mol. The summed E-state index contributed by atoms with van der Waals surface area (Å²) in [4.78, 5) is 20.5. The number of hydrogen-bond donors (Lipinski definition) is 2. The first-order valence-electron chi connectivity index (χ1n) is 10.6. The molecule has 4 rings (SSSR count). The number of hydroxylamine groups is 2. The zero-order chi connectivity index (χ0) is 24.2. The number of aliphatic imine (C=N–C) groups is 2. The molecule has 34 heavy (non-hydrogen) atoms. The summed E-state index contributed by atoms with van der Waals surface area (Å²) in [5.41, 5.74) is 2.09. The predicted octanol–water partition coefficient (Wildman–Crippen LogP) is 4.37. The van der Waals surface area contributed by atoms with Crippen LogP contribution >= 0.6 is 0 Å². The van der Waals surface area contributed by atoms with Crippen molar-refractivity contribution in [1.29, 1.82) is 0 Å². The second kappa shape index (κ2) is 9.80. The van der Waals surface area contributed by atoms with Crippen LogP contribution in [0.3, 0.4) is 0 Å². The third-order valence-electron chi connectivity index (χ3n) is 5.47. The van der Waals surface area contributed by atoms with E-state index < -0.39 is 6.04 Å². The Hall–Kier alpha value is -4.11. The largest absolute Gasteiger partial charge is 0.493 e. The third-order valence-corrected chi connectivity index (χ3v) is 5.47. The normalized spacial score (nSPS) is 16.6. The SMILES string of the molecule is COc1cc(N=C2CN=CC(c3cccc4cc(NC(C)=O)ccc34)N2O)cc(OC)c1OC. The number of carbonyl (C=O) groups excluding carboxylic acids is 1. The van der Waals surface area contributed by atoms with Crippen molar-refractivity contribution in [2.24, 2.45) is 9.98 Å². The van der Waals surface area contributed by atoms with Crippen LogP contribution in [0.5, 0.6) is 17.2 Å². The molecule has 0 saturated carbocycles. The van der Waals surface area contributed by atoms with Crippen molar-refractivity contribution in [1.82, 2.24) is 5.06 Å². The van der Waals surface area contributed by atoms with Crippen LogP contribution in [0, 0.1) is 0 Å². The maximum absolute atomic E-state index is 11.4. The summed E-state index contributed by atoms with van der Waals surface area (Å²) in [7, 11) is 4.60. The van der Waals surface area contributed by atoms with Gasteiger partial charge in [-0.1, -0.05) is 24.3 Å². The van der Waals surface area contributed by atoms with Gasteiger partial charge in [0.05, 0.1) is 33.6 Å². The summed E-state index contributed by atoms with van der Waals surface area (Å²) in [5.74, 6) is 1.62. The highest BCUT2D eigenvalue weighted by Gasteiger charge is 2.26. The summed E-state index contributed by atoms with van der Waals surface area (Å²) in [6, 6.07) is 14.3. The van der Waals surface area contributed by atoms with Crippen LogP contribution in [0.2, 0.25) is 0 Å². The Morgan fingerprint density at radius 2 is 1.82 bits per heavy atom. The van der Waals surface area contributed by atoms with Crippen molar-refractivity contribution < 1.29 is 24.2 Å². The number of nitrogens with zero attached hydrogens (tertiary/aromatic N) is 3. The number of rotatable bonds is 6. The van der Waals surface area contributed by atoms with Gasteiger partial charge in [0.2, 0.25) is 11.7 Å². The van der Waals surface area contributed by atoms with E-state index in [1.54, 1.807) is 18.3 Å². The molecular weight excluding hydrogens is 436 g/mol. The fraction of sp³-hybridized carbons (Fsp3) is 0.240. The number of methoxy groups -OCH3 is 3. The molecule has 176 valence electrons. The van der Waals surface area contributed by atoms with E-state index in [0.29, 0.717) is 34.5 Å². The molecule has 3 aromatic carbocycles. The van der Waals surface area contributed by atoms with Gasteiger partial charge in [-0.2, -0.15) is 0 Å². The van der Waals surface area contributed by atoms with E-state index in [0.717, 1.165) is 21.4 Å². The van der Waals surface area contributed by atoms with E-state index in [1.807, 2.05) is 36.4 Å². The summed E-state index contributed by atoms with van der Waals surface area (Å²) in [5, 5.41) is 16.9.